The van der Waals surface area contributed by atoms with E-state index in [1.54, 1.807) is 6.07 Å². The van der Waals surface area contributed by atoms with Crippen molar-refractivity contribution in [3.63, 3.8) is 0 Å². The average molecular weight is 318 g/mol. The van der Waals surface area contributed by atoms with Crippen molar-refractivity contribution in [1.29, 1.82) is 0 Å². The van der Waals surface area contributed by atoms with Crippen molar-refractivity contribution in [1.82, 2.24) is 0 Å². The van der Waals surface area contributed by atoms with Crippen LogP contribution in [0.15, 0.2) is 17.0 Å². The lowest BCUT2D eigenvalue weighted by Crippen LogP contribution is -2.14. The molecule has 1 aliphatic rings. The normalized spacial score (nSPS) is 13.9. The Balaban J connectivity index is 2.34. The minimum absolute atomic E-state index is 0.102. The Kier molecular flexibility index (Phi) is 4.67. The van der Waals surface area contributed by atoms with Gasteiger partial charge in [0.2, 0.25) is 10.0 Å². The molecule has 1 heterocycles. The fourth-order valence-electron chi connectivity index (χ4n) is 2.17. The third-order valence-electron chi connectivity index (χ3n) is 3.17. The van der Waals surface area contributed by atoms with Crippen LogP contribution in [-0.2, 0) is 16.4 Å². The Morgan fingerprint density at radius 2 is 2.10 bits per heavy atom. The van der Waals surface area contributed by atoms with Crippen molar-refractivity contribution in [3.05, 3.63) is 23.3 Å². The summed E-state index contributed by atoms with van der Waals surface area (Å²) in [6.07, 6.45) is 2.36. The minimum Gasteiger partial charge on any atom is -0.492 e. The van der Waals surface area contributed by atoms with E-state index in [1.165, 1.54) is 6.07 Å². The van der Waals surface area contributed by atoms with Gasteiger partial charge in [0.25, 0.3) is 0 Å². The maximum Gasteiger partial charge on any atom is 0.241 e. The smallest absolute Gasteiger partial charge is 0.241 e. The second-order valence-electron chi connectivity index (χ2n) is 4.68. The maximum absolute atomic E-state index is 12.1. The molecule has 0 bridgehead atoms. The maximum atomic E-state index is 12.1. The van der Waals surface area contributed by atoms with Crippen molar-refractivity contribution in [2.24, 2.45) is 5.14 Å². The molecule has 0 aromatic heterocycles. The Morgan fingerprint density at radius 1 is 1.35 bits per heavy atom. The number of hydrogen-bond donors (Lipinski definition) is 1. The van der Waals surface area contributed by atoms with Crippen molar-refractivity contribution < 1.29 is 17.9 Å². The van der Waals surface area contributed by atoms with E-state index >= 15 is 0 Å². The molecule has 0 aliphatic carbocycles. The highest BCUT2D eigenvalue weighted by Crippen LogP contribution is 2.34. The zero-order valence-corrected chi connectivity index (χ0v) is 12.5. The Labute approximate surface area is 123 Å². The van der Waals surface area contributed by atoms with E-state index in [2.05, 4.69) is 0 Å². The molecule has 0 atom stereocenters. The second kappa shape index (κ2) is 6.11. The number of nitrogens with two attached hydrogens (primary N) is 1. The lowest BCUT2D eigenvalue weighted by atomic mass is 10.0. The number of ether oxygens (including phenoxy) is 1. The summed E-state index contributed by atoms with van der Waals surface area (Å²) in [4.78, 5) is 12.0. The summed E-state index contributed by atoms with van der Waals surface area (Å²) < 4.78 is 28.5. The molecule has 0 spiro atoms. The van der Waals surface area contributed by atoms with Gasteiger partial charge in [0.1, 0.15) is 10.6 Å². The summed E-state index contributed by atoms with van der Waals surface area (Å²) >= 11 is 5.57. The van der Waals surface area contributed by atoms with Gasteiger partial charge in [-0.1, -0.05) is 0 Å². The highest BCUT2D eigenvalue weighted by molar-refractivity contribution is 7.89. The van der Waals surface area contributed by atoms with Gasteiger partial charge in [0, 0.05) is 24.3 Å². The standard InChI is InChI=1S/C13H16ClNO4S/c14-5-2-1-3-11(16)10-7-9-4-6-19-13(9)12(8-10)20(15,17)18/h7-8H,1-6H2,(H2,15,17,18). The van der Waals surface area contributed by atoms with Gasteiger partial charge in [-0.3, -0.25) is 4.79 Å². The SMILES string of the molecule is NS(=O)(=O)c1cc(C(=O)CCCCCl)cc2c1OCC2. The van der Waals surface area contributed by atoms with Gasteiger partial charge >= 0.3 is 0 Å². The molecule has 1 aromatic rings. The van der Waals surface area contributed by atoms with Crippen LogP contribution in [0.1, 0.15) is 35.2 Å². The van der Waals surface area contributed by atoms with Crippen LogP contribution in [0.3, 0.4) is 0 Å². The molecule has 0 radical (unpaired) electrons. The lowest BCUT2D eigenvalue weighted by Gasteiger charge is -2.09. The Hall–Kier alpha value is -1.11. The molecule has 0 amide bonds. The molecule has 2 N–H and O–H groups in total. The number of sulfonamides is 1. The Bertz CT molecular complexity index is 628. The van der Waals surface area contributed by atoms with Crippen LogP contribution in [-0.4, -0.2) is 26.7 Å². The number of ketones is 1. The predicted molar refractivity (Wildman–Crippen MR) is 75.9 cm³/mol. The third kappa shape index (κ3) is 3.31. The van der Waals surface area contributed by atoms with Crippen LogP contribution in [0.2, 0.25) is 0 Å². The summed E-state index contributed by atoms with van der Waals surface area (Å²) in [5, 5.41) is 5.18. The molecule has 2 rings (SSSR count). The number of unbranched alkanes of at least 4 members (excludes halogenated alkanes) is 1. The van der Waals surface area contributed by atoms with Crippen molar-refractivity contribution in [2.45, 2.75) is 30.6 Å². The van der Waals surface area contributed by atoms with E-state index in [4.69, 9.17) is 21.5 Å². The van der Waals surface area contributed by atoms with Crippen LogP contribution in [0.5, 0.6) is 5.75 Å². The van der Waals surface area contributed by atoms with Crippen molar-refractivity contribution >= 4 is 27.4 Å². The van der Waals surface area contributed by atoms with Gasteiger partial charge in [-0.2, -0.15) is 0 Å². The average Bonchev–Trinajstić information content (AvgIpc) is 2.84. The molecule has 110 valence electrons. The van der Waals surface area contributed by atoms with E-state index in [1.807, 2.05) is 0 Å². The fourth-order valence-corrected chi connectivity index (χ4v) is 3.10. The van der Waals surface area contributed by atoms with E-state index in [0.717, 1.165) is 12.0 Å². The Morgan fingerprint density at radius 3 is 2.75 bits per heavy atom. The fraction of sp³-hybridized carbons (Fsp3) is 0.462. The van der Waals surface area contributed by atoms with Gasteiger partial charge in [-0.05, 0) is 30.5 Å². The molecule has 1 aliphatic heterocycles. The summed E-state index contributed by atoms with van der Waals surface area (Å²) in [7, 11) is -3.91. The van der Waals surface area contributed by atoms with Crippen molar-refractivity contribution in [2.75, 3.05) is 12.5 Å². The molecule has 7 heteroatoms. The molecule has 0 unspecified atom stereocenters. The van der Waals surface area contributed by atoms with Gasteiger partial charge in [-0.15, -0.1) is 11.6 Å². The van der Waals surface area contributed by atoms with Crippen LogP contribution < -0.4 is 9.88 Å². The first-order valence-electron chi connectivity index (χ1n) is 6.35. The van der Waals surface area contributed by atoms with E-state index in [-0.39, 0.29) is 16.4 Å². The number of rotatable bonds is 6. The highest BCUT2D eigenvalue weighted by Gasteiger charge is 2.25. The van der Waals surface area contributed by atoms with Gasteiger partial charge in [0.05, 0.1) is 6.61 Å². The first-order valence-corrected chi connectivity index (χ1v) is 8.43. The highest BCUT2D eigenvalue weighted by atomic mass is 35.5. The van der Waals surface area contributed by atoms with Crippen LogP contribution in [0.25, 0.3) is 0 Å². The van der Waals surface area contributed by atoms with Gasteiger partial charge in [-0.25, -0.2) is 13.6 Å². The topological polar surface area (TPSA) is 86.5 Å². The third-order valence-corrected chi connectivity index (χ3v) is 4.35. The van der Waals surface area contributed by atoms with Crippen LogP contribution >= 0.6 is 11.6 Å². The minimum atomic E-state index is -3.91. The molecule has 20 heavy (non-hydrogen) atoms. The molecule has 0 saturated carbocycles. The second-order valence-corrected chi connectivity index (χ2v) is 6.58. The quantitative estimate of drug-likeness (QED) is 0.493. The van der Waals surface area contributed by atoms with E-state index in [9.17, 15) is 13.2 Å². The number of halogens is 1. The van der Waals surface area contributed by atoms with Crippen LogP contribution in [0, 0.1) is 0 Å². The molecular formula is C13H16ClNO4S. The van der Waals surface area contributed by atoms with E-state index < -0.39 is 10.0 Å². The number of alkyl halides is 1. The molecule has 5 nitrogen and oxygen atoms in total. The first-order chi connectivity index (χ1) is 9.43. The summed E-state index contributed by atoms with van der Waals surface area (Å²) in [5.41, 5.74) is 1.09. The van der Waals surface area contributed by atoms with E-state index in [0.29, 0.717) is 37.3 Å². The number of primary sulfonamides is 1. The van der Waals surface area contributed by atoms with Crippen molar-refractivity contribution in [3.8, 4) is 5.75 Å². The first kappa shape index (κ1) is 15.3. The molecule has 0 saturated heterocycles. The number of carbonyl (C=O) groups is 1. The number of benzene rings is 1. The summed E-state index contributed by atoms with van der Waals surface area (Å²) in [6, 6.07) is 3.00. The molecular weight excluding hydrogens is 302 g/mol. The zero-order chi connectivity index (χ0) is 14.8. The lowest BCUT2D eigenvalue weighted by molar-refractivity contribution is 0.0979. The zero-order valence-electron chi connectivity index (χ0n) is 10.9. The summed E-state index contributed by atoms with van der Waals surface area (Å²) in [5.74, 6) is 0.688. The predicted octanol–water partition coefficient (Wildman–Crippen LogP) is 1.86. The number of fused-ring (bicyclic) bond motifs is 1. The largest absolute Gasteiger partial charge is 0.492 e. The van der Waals surface area contributed by atoms with Crippen LogP contribution in [0.4, 0.5) is 0 Å². The molecule has 1 aromatic carbocycles. The summed E-state index contributed by atoms with van der Waals surface area (Å²) in [6.45, 7) is 0.405. The van der Waals surface area contributed by atoms with Gasteiger partial charge in [0.15, 0.2) is 5.78 Å². The molecule has 0 fully saturated rings. The number of hydrogen-bond acceptors (Lipinski definition) is 4. The number of Topliss-reactive ketones (excluding diaryl/α,β-unsaturated/α-hetero) is 1. The monoisotopic (exact) mass is 317 g/mol. The van der Waals surface area contributed by atoms with Gasteiger partial charge < -0.3 is 4.74 Å². The number of carbonyl (C=O) groups excluding carboxylic acids is 1.